The minimum atomic E-state index is 0.488. The molecule has 1 heteroatoms. The summed E-state index contributed by atoms with van der Waals surface area (Å²) >= 11 is 0. The van der Waals surface area contributed by atoms with Crippen molar-refractivity contribution in [2.75, 3.05) is 6.54 Å². The number of rotatable bonds is 10. The molecule has 1 nitrogen and oxygen atoms in total. The normalized spacial score (nSPS) is 16.7. The summed E-state index contributed by atoms with van der Waals surface area (Å²) < 4.78 is 0. The van der Waals surface area contributed by atoms with Crippen LogP contribution in [-0.2, 0) is 0 Å². The third kappa shape index (κ3) is 36.9. The molecule has 4 unspecified atom stereocenters. The number of allylic oxidation sites excluding steroid dienone is 5. The maximum Gasteiger partial charge on any atom is 0.0355 e. The van der Waals surface area contributed by atoms with Gasteiger partial charge in [0.05, 0.1) is 0 Å². The molecule has 0 aromatic heterocycles. The maximum atomic E-state index is 3.99. The van der Waals surface area contributed by atoms with Crippen molar-refractivity contribution in [3.63, 3.8) is 0 Å². The van der Waals surface area contributed by atoms with Crippen LogP contribution < -0.4 is 5.32 Å². The highest BCUT2D eigenvalue weighted by Gasteiger charge is 2.31. The van der Waals surface area contributed by atoms with Gasteiger partial charge in [0.1, 0.15) is 0 Å². The molecular weight excluding hydrogens is 603 g/mol. The standard InChI is InChI=1S/C12H15N.2C10H18.C5H12.C5H10.C3H6.2C2H6/c1-9(2)12-11(8-13-12)10-6-4-3-5-7-10;1-3-9(2)10-7-5-4-6-8-10;1-6-7-9(4)10(5)8(2)3;1-5(2,3)4;1-3-5-4-2;1-3-2;2*1-2/h3-7,11-13H,1,8H2,2H3;3,9-10H,1,4-8H2,2H3;9H,2,5-7H2,1,3-4H3;1-4H3;3H,1,4-5H2,2H3;3H,1H2,2H3;2*1-2H3. The minimum absolute atomic E-state index is 0.488. The highest BCUT2D eigenvalue weighted by atomic mass is 15.0. The Morgan fingerprint density at radius 1 is 0.840 bits per heavy atom. The number of nitrogens with one attached hydrogen (secondary N) is 1. The predicted molar refractivity (Wildman–Crippen MR) is 239 cm³/mol. The van der Waals surface area contributed by atoms with E-state index in [1.807, 2.05) is 47.6 Å². The van der Waals surface area contributed by atoms with Crippen LogP contribution in [0.5, 0.6) is 0 Å². The Kier molecular flexibility index (Phi) is 44.9. The van der Waals surface area contributed by atoms with Crippen molar-refractivity contribution >= 4 is 0 Å². The van der Waals surface area contributed by atoms with Crippen molar-refractivity contribution in [2.24, 2.45) is 23.2 Å². The molecule has 0 bridgehead atoms. The average Bonchev–Trinajstić information content (AvgIpc) is 3.07. The maximum absolute atomic E-state index is 3.99. The Balaban J connectivity index is -0.000000167. The van der Waals surface area contributed by atoms with E-state index < -0.39 is 0 Å². The molecule has 1 aromatic rings. The van der Waals surface area contributed by atoms with Gasteiger partial charge in [0.15, 0.2) is 0 Å². The van der Waals surface area contributed by atoms with E-state index in [1.54, 1.807) is 6.08 Å². The molecule has 4 atom stereocenters. The molecule has 1 N–H and O–H groups in total. The molecule has 2 aliphatic rings. The van der Waals surface area contributed by atoms with Crippen LogP contribution in [0.2, 0.25) is 0 Å². The molecule has 1 saturated heterocycles. The Labute approximate surface area is 318 Å². The lowest BCUT2D eigenvalue weighted by Gasteiger charge is -2.39. The van der Waals surface area contributed by atoms with Gasteiger partial charge in [0, 0.05) is 18.5 Å². The van der Waals surface area contributed by atoms with Gasteiger partial charge in [-0.15, -0.1) is 19.7 Å². The summed E-state index contributed by atoms with van der Waals surface area (Å²) in [7, 11) is 0. The summed E-state index contributed by atoms with van der Waals surface area (Å²) in [6, 6.07) is 11.1. The lowest BCUT2D eigenvalue weighted by atomic mass is 9.81. The van der Waals surface area contributed by atoms with Gasteiger partial charge in [-0.25, -0.2) is 0 Å². The van der Waals surface area contributed by atoms with Crippen LogP contribution in [0, 0.1) is 23.2 Å². The molecule has 1 heterocycles. The number of unbranched alkanes of at least 4 members (excludes halogenated alkanes) is 1. The Morgan fingerprint density at radius 2 is 1.30 bits per heavy atom. The number of hydrogen-bond donors (Lipinski definition) is 1. The van der Waals surface area contributed by atoms with Crippen molar-refractivity contribution in [2.45, 2.75) is 174 Å². The summed E-state index contributed by atoms with van der Waals surface area (Å²) in [5, 5.41) is 3.39. The van der Waals surface area contributed by atoms with Crippen molar-refractivity contribution in [3.05, 3.63) is 110 Å². The van der Waals surface area contributed by atoms with E-state index in [0.29, 0.717) is 23.3 Å². The Hall–Kier alpha value is -2.38. The van der Waals surface area contributed by atoms with Gasteiger partial charge in [0.2, 0.25) is 0 Å². The van der Waals surface area contributed by atoms with Crippen LogP contribution in [0.25, 0.3) is 0 Å². The zero-order valence-electron chi connectivity index (χ0n) is 36.8. The smallest absolute Gasteiger partial charge is 0.0355 e. The van der Waals surface area contributed by atoms with Gasteiger partial charge in [-0.2, -0.15) is 0 Å². The molecule has 0 spiro atoms. The summed E-state index contributed by atoms with van der Waals surface area (Å²) in [4.78, 5) is 0. The average molecular weight is 694 g/mol. The first-order chi connectivity index (χ1) is 23.6. The lowest BCUT2D eigenvalue weighted by molar-refractivity contribution is 0.300. The molecule has 0 radical (unpaired) electrons. The number of hydrogen-bond acceptors (Lipinski definition) is 1. The molecule has 50 heavy (non-hydrogen) atoms. The van der Waals surface area contributed by atoms with Crippen molar-refractivity contribution < 1.29 is 0 Å². The van der Waals surface area contributed by atoms with Gasteiger partial charge in [-0.1, -0.05) is 200 Å². The van der Waals surface area contributed by atoms with Gasteiger partial charge >= 0.3 is 0 Å². The van der Waals surface area contributed by atoms with Gasteiger partial charge in [-0.3, -0.25) is 0 Å². The van der Waals surface area contributed by atoms with Crippen LogP contribution in [0.1, 0.15) is 173 Å². The third-order valence-electron chi connectivity index (χ3n) is 7.84. The Morgan fingerprint density at radius 3 is 1.58 bits per heavy atom. The van der Waals surface area contributed by atoms with Crippen LogP contribution in [-0.4, -0.2) is 12.6 Å². The first-order valence-electron chi connectivity index (χ1n) is 20.1. The summed E-state index contributed by atoms with van der Waals surface area (Å²) in [6.45, 7) is 55.2. The molecule has 1 aliphatic carbocycles. The molecule has 292 valence electrons. The second-order valence-electron chi connectivity index (χ2n) is 14.7. The SMILES string of the molecule is C=C(C)C(=C)C(C)CCC.C=C(C)C1NCC1c1ccccc1.C=CC.C=CC(C)C1CCCCC1.C=CCCC.CC.CC.CC(C)(C)C. The zero-order chi connectivity index (χ0) is 40.1. The quantitative estimate of drug-likeness (QED) is 0.190. The zero-order valence-corrected chi connectivity index (χ0v) is 36.8. The molecular formula is C49H91N. The van der Waals surface area contributed by atoms with Crippen LogP contribution >= 0.6 is 0 Å². The topological polar surface area (TPSA) is 12.0 Å². The second-order valence-corrected chi connectivity index (χ2v) is 14.7. The van der Waals surface area contributed by atoms with Gasteiger partial charge in [-0.05, 0) is 75.2 Å². The molecule has 0 amide bonds. The fraction of sp³-hybridized carbons (Fsp3) is 0.633. The first kappa shape index (κ1) is 57.0. The summed E-state index contributed by atoms with van der Waals surface area (Å²) in [5.74, 6) is 2.95. The third-order valence-corrected chi connectivity index (χ3v) is 7.84. The monoisotopic (exact) mass is 694 g/mol. The summed E-state index contributed by atoms with van der Waals surface area (Å²) in [5.41, 5.74) is 5.50. The predicted octanol–water partition coefficient (Wildman–Crippen LogP) is 16.5. The molecule has 3 rings (SSSR count). The molecule has 1 aliphatic heterocycles. The number of benzene rings is 1. The van der Waals surface area contributed by atoms with E-state index >= 15 is 0 Å². The van der Waals surface area contributed by atoms with Crippen molar-refractivity contribution in [3.8, 4) is 0 Å². The summed E-state index contributed by atoms with van der Waals surface area (Å²) in [6.07, 6.45) is 17.9. The van der Waals surface area contributed by atoms with Gasteiger partial charge in [0.25, 0.3) is 0 Å². The Bertz CT molecular complexity index is 916. The molecule has 2 fully saturated rings. The second kappa shape index (κ2) is 39.4. The van der Waals surface area contributed by atoms with Crippen LogP contribution in [0.15, 0.2) is 105 Å². The van der Waals surface area contributed by atoms with Crippen molar-refractivity contribution in [1.29, 1.82) is 0 Å². The van der Waals surface area contributed by atoms with E-state index in [2.05, 4.69) is 144 Å². The van der Waals surface area contributed by atoms with Crippen LogP contribution in [0.3, 0.4) is 0 Å². The molecule has 1 aromatic carbocycles. The van der Waals surface area contributed by atoms with Crippen LogP contribution in [0.4, 0.5) is 0 Å². The first-order valence-corrected chi connectivity index (χ1v) is 20.1. The van der Waals surface area contributed by atoms with E-state index in [4.69, 9.17) is 0 Å². The highest BCUT2D eigenvalue weighted by Crippen LogP contribution is 2.30. The van der Waals surface area contributed by atoms with E-state index in [-0.39, 0.29) is 0 Å². The molecule has 1 saturated carbocycles. The van der Waals surface area contributed by atoms with E-state index in [9.17, 15) is 0 Å². The highest BCUT2D eigenvalue weighted by molar-refractivity contribution is 5.29. The largest absolute Gasteiger partial charge is 0.309 e. The fourth-order valence-corrected chi connectivity index (χ4v) is 4.97. The lowest BCUT2D eigenvalue weighted by Crippen LogP contribution is -2.51. The van der Waals surface area contributed by atoms with Crippen molar-refractivity contribution in [1.82, 2.24) is 5.32 Å². The van der Waals surface area contributed by atoms with E-state index in [0.717, 1.165) is 30.4 Å². The van der Waals surface area contributed by atoms with Gasteiger partial charge < -0.3 is 5.32 Å². The fourth-order valence-electron chi connectivity index (χ4n) is 4.97. The van der Waals surface area contributed by atoms with E-state index in [1.165, 1.54) is 68.1 Å². The minimum Gasteiger partial charge on any atom is -0.309 e.